The predicted octanol–water partition coefficient (Wildman–Crippen LogP) is 0.327. The minimum absolute atomic E-state index is 0.0841. The average Bonchev–Trinajstić information content (AvgIpc) is 2.31. The van der Waals surface area contributed by atoms with Gasteiger partial charge in [-0.1, -0.05) is 0 Å². The summed E-state index contributed by atoms with van der Waals surface area (Å²) in [4.78, 5) is 15.1. The van der Waals surface area contributed by atoms with Crippen molar-refractivity contribution in [1.29, 1.82) is 5.41 Å². The molecule has 16 heavy (non-hydrogen) atoms. The Kier molecular flexibility index (Phi) is 4.14. The van der Waals surface area contributed by atoms with Gasteiger partial charge in [0, 0.05) is 18.0 Å². The summed E-state index contributed by atoms with van der Waals surface area (Å²) in [5.41, 5.74) is 0.270. The molecule has 0 bridgehead atoms. The highest BCUT2D eigenvalue weighted by Crippen LogP contribution is 2.01. The zero-order valence-electron chi connectivity index (χ0n) is 8.80. The van der Waals surface area contributed by atoms with Crippen LogP contribution in [0.4, 0.5) is 0 Å². The summed E-state index contributed by atoms with van der Waals surface area (Å²) in [5, 5.41) is 11.0. The lowest BCUT2D eigenvalue weighted by atomic mass is 10.1. The number of carbonyl (C=O) groups is 1. The van der Waals surface area contributed by atoms with Crippen molar-refractivity contribution in [3.05, 3.63) is 30.1 Å². The van der Waals surface area contributed by atoms with Gasteiger partial charge in [0.2, 0.25) is 0 Å². The van der Waals surface area contributed by atoms with Gasteiger partial charge in [0.1, 0.15) is 5.71 Å². The minimum Gasteiger partial charge on any atom is -0.461 e. The normalized spacial score (nSPS) is 10.9. The highest BCUT2D eigenvalue weighted by Gasteiger charge is 2.18. The molecule has 0 saturated heterocycles. The Hall–Kier alpha value is -2.24. The van der Waals surface area contributed by atoms with Gasteiger partial charge >= 0.3 is 5.97 Å². The maximum atomic E-state index is 11.3. The van der Waals surface area contributed by atoms with Crippen LogP contribution in [0.25, 0.3) is 0 Å². The second-order valence-corrected chi connectivity index (χ2v) is 2.81. The molecular formula is C10H12N4O2. The first-order valence-corrected chi connectivity index (χ1v) is 4.65. The summed E-state index contributed by atoms with van der Waals surface area (Å²) in [7, 11) is 0. The Bertz CT molecular complexity index is 414. The molecule has 0 unspecified atom stereocenters. The standard InChI is InChI=1S/C10H12N4O2/c1-2-16-10(15)8(11)9(14-12)7-3-5-13-6-4-7/h3-6,11H,2,12H2,1H3/b11-8?,14-9-. The fraction of sp³-hybridized carbons (Fsp3) is 0.200. The van der Waals surface area contributed by atoms with E-state index in [1.165, 1.54) is 12.4 Å². The predicted molar refractivity (Wildman–Crippen MR) is 59.3 cm³/mol. The Labute approximate surface area is 92.6 Å². The molecule has 0 aliphatic heterocycles. The molecular weight excluding hydrogens is 208 g/mol. The van der Waals surface area contributed by atoms with Crippen LogP contribution < -0.4 is 5.84 Å². The number of nitrogens with one attached hydrogen (secondary N) is 1. The Morgan fingerprint density at radius 2 is 2.19 bits per heavy atom. The molecule has 0 fully saturated rings. The molecule has 3 N–H and O–H groups in total. The van der Waals surface area contributed by atoms with Crippen LogP contribution in [0.2, 0.25) is 0 Å². The number of hydrogen-bond acceptors (Lipinski definition) is 6. The zero-order valence-corrected chi connectivity index (χ0v) is 8.80. The van der Waals surface area contributed by atoms with Gasteiger partial charge in [-0.3, -0.25) is 10.4 Å². The van der Waals surface area contributed by atoms with Gasteiger partial charge in [0.25, 0.3) is 0 Å². The number of aromatic nitrogens is 1. The number of carbonyl (C=O) groups excluding carboxylic acids is 1. The molecule has 0 spiro atoms. The number of esters is 1. The third-order valence-electron chi connectivity index (χ3n) is 1.80. The topological polar surface area (TPSA) is 101 Å². The molecule has 0 amide bonds. The van der Waals surface area contributed by atoms with Gasteiger partial charge in [-0.15, -0.1) is 0 Å². The molecule has 84 valence electrons. The summed E-state index contributed by atoms with van der Waals surface area (Å²) >= 11 is 0. The molecule has 6 nitrogen and oxygen atoms in total. The van der Waals surface area contributed by atoms with Gasteiger partial charge in [-0.05, 0) is 19.1 Å². The number of nitrogens with two attached hydrogens (primary N) is 1. The van der Waals surface area contributed by atoms with Crippen molar-refractivity contribution in [3.63, 3.8) is 0 Å². The van der Waals surface area contributed by atoms with E-state index >= 15 is 0 Å². The lowest BCUT2D eigenvalue weighted by molar-refractivity contribution is -0.134. The number of rotatable bonds is 4. The van der Waals surface area contributed by atoms with E-state index in [1.54, 1.807) is 19.1 Å². The highest BCUT2D eigenvalue weighted by molar-refractivity contribution is 6.68. The van der Waals surface area contributed by atoms with E-state index in [-0.39, 0.29) is 18.0 Å². The van der Waals surface area contributed by atoms with Crippen molar-refractivity contribution in [1.82, 2.24) is 4.98 Å². The molecule has 1 rings (SSSR count). The Morgan fingerprint density at radius 1 is 1.56 bits per heavy atom. The van der Waals surface area contributed by atoms with Gasteiger partial charge < -0.3 is 10.6 Å². The van der Waals surface area contributed by atoms with Crippen LogP contribution >= 0.6 is 0 Å². The second-order valence-electron chi connectivity index (χ2n) is 2.81. The zero-order chi connectivity index (χ0) is 12.0. The van der Waals surface area contributed by atoms with Crippen LogP contribution in [-0.4, -0.2) is 29.0 Å². The molecule has 0 saturated carbocycles. The van der Waals surface area contributed by atoms with E-state index in [2.05, 4.69) is 10.1 Å². The lowest BCUT2D eigenvalue weighted by Gasteiger charge is -2.05. The smallest absolute Gasteiger partial charge is 0.358 e. The minimum atomic E-state index is -0.747. The second kappa shape index (κ2) is 5.59. The SMILES string of the molecule is CCOC(=O)C(=N)/C(=N\N)c1ccncc1. The number of hydrazone groups is 1. The van der Waals surface area contributed by atoms with Crippen molar-refractivity contribution in [2.75, 3.05) is 6.61 Å². The monoisotopic (exact) mass is 220 g/mol. The lowest BCUT2D eigenvalue weighted by Crippen LogP contribution is -2.27. The summed E-state index contributed by atoms with van der Waals surface area (Å²) in [6.07, 6.45) is 3.05. The van der Waals surface area contributed by atoms with Gasteiger partial charge in [-0.25, -0.2) is 4.79 Å². The van der Waals surface area contributed by atoms with Crippen LogP contribution in [0.3, 0.4) is 0 Å². The molecule has 1 aromatic heterocycles. The number of pyridine rings is 1. The van der Waals surface area contributed by atoms with E-state index in [4.69, 9.17) is 16.0 Å². The van der Waals surface area contributed by atoms with Crippen LogP contribution in [0, 0.1) is 5.41 Å². The number of nitrogens with zero attached hydrogens (tertiary/aromatic N) is 2. The quantitative estimate of drug-likeness (QED) is 0.330. The molecule has 0 aliphatic carbocycles. The van der Waals surface area contributed by atoms with Crippen molar-refractivity contribution in [2.45, 2.75) is 6.92 Å². The molecule has 6 heteroatoms. The maximum Gasteiger partial charge on any atom is 0.358 e. The first-order valence-electron chi connectivity index (χ1n) is 4.65. The van der Waals surface area contributed by atoms with Crippen molar-refractivity contribution >= 4 is 17.4 Å². The fourth-order valence-corrected chi connectivity index (χ4v) is 1.09. The highest BCUT2D eigenvalue weighted by atomic mass is 16.5. The van der Waals surface area contributed by atoms with Crippen molar-refractivity contribution in [2.24, 2.45) is 10.9 Å². The molecule has 0 aliphatic rings. The van der Waals surface area contributed by atoms with Crippen molar-refractivity contribution < 1.29 is 9.53 Å². The third kappa shape index (κ3) is 2.63. The molecule has 0 atom stereocenters. The van der Waals surface area contributed by atoms with E-state index in [9.17, 15) is 4.79 Å². The van der Waals surface area contributed by atoms with Crippen LogP contribution in [0.15, 0.2) is 29.6 Å². The summed E-state index contributed by atoms with van der Waals surface area (Å²) in [6, 6.07) is 3.22. The number of ether oxygens (including phenoxy) is 1. The average molecular weight is 220 g/mol. The summed E-state index contributed by atoms with van der Waals surface area (Å²) < 4.78 is 4.69. The van der Waals surface area contributed by atoms with E-state index in [0.717, 1.165) is 0 Å². The van der Waals surface area contributed by atoms with E-state index < -0.39 is 5.97 Å². The van der Waals surface area contributed by atoms with E-state index in [1.807, 2.05) is 0 Å². The van der Waals surface area contributed by atoms with Gasteiger partial charge in [0.05, 0.1) is 6.61 Å². The Balaban J connectivity index is 2.93. The van der Waals surface area contributed by atoms with Crippen molar-refractivity contribution in [3.8, 4) is 0 Å². The third-order valence-corrected chi connectivity index (χ3v) is 1.80. The largest absolute Gasteiger partial charge is 0.461 e. The molecule has 1 aromatic rings. The van der Waals surface area contributed by atoms with Gasteiger partial charge in [0.15, 0.2) is 5.71 Å². The van der Waals surface area contributed by atoms with Crippen LogP contribution in [-0.2, 0) is 9.53 Å². The summed E-state index contributed by atoms with van der Waals surface area (Å²) in [5.74, 6) is 4.41. The fourth-order valence-electron chi connectivity index (χ4n) is 1.09. The van der Waals surface area contributed by atoms with E-state index in [0.29, 0.717) is 5.56 Å². The molecule has 1 heterocycles. The Morgan fingerprint density at radius 3 is 2.69 bits per heavy atom. The number of hydrogen-bond donors (Lipinski definition) is 2. The van der Waals surface area contributed by atoms with Crippen LogP contribution in [0.5, 0.6) is 0 Å². The first kappa shape index (κ1) is 11.8. The first-order chi connectivity index (χ1) is 7.70. The van der Waals surface area contributed by atoms with Crippen LogP contribution in [0.1, 0.15) is 12.5 Å². The maximum absolute atomic E-state index is 11.3. The molecule has 0 aromatic carbocycles. The molecule has 0 radical (unpaired) electrons. The van der Waals surface area contributed by atoms with Gasteiger partial charge in [-0.2, -0.15) is 5.10 Å². The summed E-state index contributed by atoms with van der Waals surface area (Å²) in [6.45, 7) is 1.87.